The molecule has 2 atom stereocenters. The summed E-state index contributed by atoms with van der Waals surface area (Å²) in [7, 11) is -3.53. The Morgan fingerprint density at radius 3 is 2.80 bits per heavy atom. The van der Waals surface area contributed by atoms with Gasteiger partial charge in [-0.1, -0.05) is 20.3 Å². The van der Waals surface area contributed by atoms with Crippen molar-refractivity contribution in [3.8, 4) is 0 Å². The zero-order chi connectivity index (χ0) is 14.8. The normalized spacial score (nSPS) is 21.8. The van der Waals surface area contributed by atoms with Crippen LogP contribution in [0.1, 0.15) is 33.1 Å². The Morgan fingerprint density at radius 1 is 1.45 bits per heavy atom. The van der Waals surface area contributed by atoms with Crippen LogP contribution in [-0.4, -0.2) is 26.0 Å². The highest BCUT2D eigenvalue weighted by atomic mass is 79.9. The second kappa shape index (κ2) is 6.41. The van der Waals surface area contributed by atoms with E-state index in [1.807, 2.05) is 6.92 Å². The summed E-state index contributed by atoms with van der Waals surface area (Å²) in [6, 6.07) is 1.67. The zero-order valence-corrected chi connectivity index (χ0v) is 14.1. The van der Waals surface area contributed by atoms with Crippen LogP contribution >= 0.6 is 15.9 Å². The molecular weight excluding hydrogens is 342 g/mol. The first-order valence-corrected chi connectivity index (χ1v) is 9.17. The van der Waals surface area contributed by atoms with Crippen molar-refractivity contribution in [1.29, 1.82) is 0 Å². The van der Waals surface area contributed by atoms with Crippen LogP contribution in [0.5, 0.6) is 0 Å². The van der Waals surface area contributed by atoms with Gasteiger partial charge < -0.3 is 5.32 Å². The maximum atomic E-state index is 12.5. The number of aromatic nitrogens is 1. The molecule has 2 unspecified atom stereocenters. The Hall–Kier alpha value is -0.660. The van der Waals surface area contributed by atoms with E-state index in [9.17, 15) is 8.42 Å². The van der Waals surface area contributed by atoms with Gasteiger partial charge in [0.25, 0.3) is 0 Å². The van der Waals surface area contributed by atoms with Crippen molar-refractivity contribution in [2.75, 3.05) is 11.9 Å². The summed E-state index contributed by atoms with van der Waals surface area (Å²) in [6.07, 6.45) is 4.44. The molecule has 0 aromatic carbocycles. The highest BCUT2D eigenvalue weighted by Gasteiger charge is 2.39. The van der Waals surface area contributed by atoms with E-state index in [2.05, 4.69) is 37.9 Å². The summed E-state index contributed by atoms with van der Waals surface area (Å²) < 4.78 is 28.4. The van der Waals surface area contributed by atoms with Gasteiger partial charge in [0.1, 0.15) is 10.7 Å². The molecule has 0 radical (unpaired) electrons. The van der Waals surface area contributed by atoms with Crippen LogP contribution in [0, 0.1) is 5.92 Å². The molecule has 5 nitrogen and oxygen atoms in total. The predicted molar refractivity (Wildman–Crippen MR) is 83.2 cm³/mol. The Morgan fingerprint density at radius 2 is 2.20 bits per heavy atom. The third kappa shape index (κ3) is 3.71. The third-order valence-electron chi connectivity index (χ3n) is 3.40. The molecule has 1 fully saturated rings. The van der Waals surface area contributed by atoms with E-state index >= 15 is 0 Å². The fourth-order valence-electron chi connectivity index (χ4n) is 2.11. The van der Waals surface area contributed by atoms with Gasteiger partial charge in [-0.25, -0.2) is 18.1 Å². The van der Waals surface area contributed by atoms with Crippen LogP contribution in [-0.2, 0) is 10.0 Å². The highest BCUT2D eigenvalue weighted by Crippen LogP contribution is 2.35. The van der Waals surface area contributed by atoms with Crippen molar-refractivity contribution >= 4 is 31.8 Å². The van der Waals surface area contributed by atoms with Gasteiger partial charge in [0, 0.05) is 23.3 Å². The summed E-state index contributed by atoms with van der Waals surface area (Å²) in [4.78, 5) is 4.38. The molecular formula is C13H20BrN3O2S. The van der Waals surface area contributed by atoms with Gasteiger partial charge in [0.05, 0.1) is 0 Å². The minimum absolute atomic E-state index is 0.0722. The van der Waals surface area contributed by atoms with E-state index in [1.165, 1.54) is 0 Å². The lowest BCUT2D eigenvalue weighted by molar-refractivity contribution is 0.575. The molecule has 7 heteroatoms. The number of nitrogens with one attached hydrogen (secondary N) is 2. The van der Waals surface area contributed by atoms with Gasteiger partial charge in [-0.3, -0.25) is 0 Å². The predicted octanol–water partition coefficient (Wildman–Crippen LogP) is 2.74. The maximum absolute atomic E-state index is 12.5. The minimum atomic E-state index is -3.53. The number of rotatable bonds is 7. The SMILES string of the molecule is CCCNc1ncc(Br)cc1S(=O)(=O)NC1CC1CC. The molecule has 1 aliphatic carbocycles. The first kappa shape index (κ1) is 15.7. The molecule has 1 saturated carbocycles. The average molecular weight is 362 g/mol. The molecule has 0 bridgehead atoms. The number of anilines is 1. The van der Waals surface area contributed by atoms with E-state index < -0.39 is 10.0 Å². The lowest BCUT2D eigenvalue weighted by Gasteiger charge is -2.12. The molecule has 0 amide bonds. The van der Waals surface area contributed by atoms with Crippen LogP contribution in [0.25, 0.3) is 0 Å². The first-order chi connectivity index (χ1) is 9.47. The van der Waals surface area contributed by atoms with Gasteiger partial charge in [-0.15, -0.1) is 0 Å². The van der Waals surface area contributed by atoms with Crippen molar-refractivity contribution in [3.63, 3.8) is 0 Å². The van der Waals surface area contributed by atoms with E-state index in [0.29, 0.717) is 22.8 Å². The second-order valence-corrected chi connectivity index (χ2v) is 7.66. The number of sulfonamides is 1. The van der Waals surface area contributed by atoms with Crippen LogP contribution in [0.15, 0.2) is 21.6 Å². The minimum Gasteiger partial charge on any atom is -0.369 e. The number of halogens is 1. The standard InChI is InChI=1S/C13H20BrN3O2S/c1-3-5-15-13-12(7-10(14)8-16-13)20(18,19)17-11-6-9(11)4-2/h7-9,11,17H,3-6H2,1-2H3,(H,15,16). The summed E-state index contributed by atoms with van der Waals surface area (Å²) >= 11 is 3.28. The number of nitrogens with zero attached hydrogens (tertiary/aromatic N) is 1. The largest absolute Gasteiger partial charge is 0.369 e. The van der Waals surface area contributed by atoms with Crippen LogP contribution in [0.3, 0.4) is 0 Å². The molecule has 0 saturated heterocycles. The Bertz CT molecular complexity index is 577. The summed E-state index contributed by atoms with van der Waals surface area (Å²) in [6.45, 7) is 4.79. The average Bonchev–Trinajstić information content (AvgIpc) is 3.14. The molecule has 2 N–H and O–H groups in total. The zero-order valence-electron chi connectivity index (χ0n) is 11.7. The first-order valence-electron chi connectivity index (χ1n) is 6.89. The smallest absolute Gasteiger partial charge is 0.244 e. The van der Waals surface area contributed by atoms with E-state index in [1.54, 1.807) is 12.3 Å². The topological polar surface area (TPSA) is 71.1 Å². The molecule has 0 aliphatic heterocycles. The number of pyridine rings is 1. The second-order valence-electron chi connectivity index (χ2n) is 5.06. The Labute approximate surface area is 128 Å². The summed E-state index contributed by atoms with van der Waals surface area (Å²) in [5.74, 6) is 0.883. The lowest BCUT2D eigenvalue weighted by atomic mass is 10.3. The molecule has 1 aliphatic rings. The molecule has 112 valence electrons. The van der Waals surface area contributed by atoms with Crippen molar-refractivity contribution in [3.05, 3.63) is 16.7 Å². The highest BCUT2D eigenvalue weighted by molar-refractivity contribution is 9.10. The molecule has 2 rings (SSSR count). The number of hydrogen-bond acceptors (Lipinski definition) is 4. The van der Waals surface area contributed by atoms with Gasteiger partial charge in [0.2, 0.25) is 10.0 Å². The van der Waals surface area contributed by atoms with Gasteiger partial charge in [0.15, 0.2) is 0 Å². The van der Waals surface area contributed by atoms with E-state index in [4.69, 9.17) is 0 Å². The van der Waals surface area contributed by atoms with Gasteiger partial charge in [-0.05, 0) is 40.8 Å². The van der Waals surface area contributed by atoms with Crippen LogP contribution in [0.2, 0.25) is 0 Å². The van der Waals surface area contributed by atoms with E-state index in [0.717, 1.165) is 19.3 Å². The molecule has 1 heterocycles. The Kier molecular flexibility index (Phi) is 5.04. The molecule has 0 spiro atoms. The molecule has 1 aromatic rings. The van der Waals surface area contributed by atoms with Gasteiger partial charge >= 0.3 is 0 Å². The Balaban J connectivity index is 2.22. The fraction of sp³-hybridized carbons (Fsp3) is 0.615. The monoisotopic (exact) mass is 361 g/mol. The van der Waals surface area contributed by atoms with Crippen LogP contribution in [0.4, 0.5) is 5.82 Å². The van der Waals surface area contributed by atoms with Crippen LogP contribution < -0.4 is 10.0 Å². The molecule has 1 aromatic heterocycles. The quantitative estimate of drug-likeness (QED) is 0.783. The lowest BCUT2D eigenvalue weighted by Crippen LogP contribution is -2.28. The maximum Gasteiger partial charge on any atom is 0.244 e. The molecule has 20 heavy (non-hydrogen) atoms. The van der Waals surface area contributed by atoms with Crippen molar-refractivity contribution < 1.29 is 8.42 Å². The van der Waals surface area contributed by atoms with Crippen molar-refractivity contribution in [1.82, 2.24) is 9.71 Å². The number of hydrogen-bond donors (Lipinski definition) is 2. The fourth-order valence-corrected chi connectivity index (χ4v) is 4.07. The summed E-state index contributed by atoms with van der Waals surface area (Å²) in [5, 5.41) is 3.06. The van der Waals surface area contributed by atoms with E-state index in [-0.39, 0.29) is 10.9 Å². The van der Waals surface area contributed by atoms with Crippen molar-refractivity contribution in [2.24, 2.45) is 5.92 Å². The van der Waals surface area contributed by atoms with Crippen molar-refractivity contribution in [2.45, 2.75) is 44.0 Å². The third-order valence-corrected chi connectivity index (χ3v) is 5.34. The van der Waals surface area contributed by atoms with Gasteiger partial charge in [-0.2, -0.15) is 0 Å². The summed E-state index contributed by atoms with van der Waals surface area (Å²) in [5.41, 5.74) is 0.